The molecule has 0 spiro atoms. The molecule has 0 unspecified atom stereocenters. The van der Waals surface area contributed by atoms with Gasteiger partial charge in [-0.05, 0) is 44.4 Å². The highest BCUT2D eigenvalue weighted by Gasteiger charge is 2.20. The molecule has 1 saturated carbocycles. The number of Topliss-reactive ketones (excluding diaryl/α,β-unsaturated/α-hetero) is 1. The highest BCUT2D eigenvalue weighted by Crippen LogP contribution is 2.27. The molecular formula is C14H18N2O2. The Balaban J connectivity index is 1.81. The van der Waals surface area contributed by atoms with Crippen LogP contribution in [0.5, 0.6) is 0 Å². The van der Waals surface area contributed by atoms with Crippen LogP contribution in [0.1, 0.15) is 30.1 Å². The zero-order valence-corrected chi connectivity index (χ0v) is 10.5. The molecule has 96 valence electrons. The van der Waals surface area contributed by atoms with Crippen LogP contribution < -0.4 is 10.6 Å². The molecule has 1 fully saturated rings. The number of nitrogens with one attached hydrogen (secondary N) is 2. The summed E-state index contributed by atoms with van der Waals surface area (Å²) in [5.74, 6) is 0.688. The summed E-state index contributed by atoms with van der Waals surface area (Å²) in [6.45, 7) is 2.75. The van der Waals surface area contributed by atoms with Crippen LogP contribution in [0.15, 0.2) is 24.3 Å². The predicted octanol–water partition coefficient (Wildman–Crippen LogP) is 1.83. The van der Waals surface area contributed by atoms with Crippen molar-refractivity contribution in [3.63, 3.8) is 0 Å². The molecule has 0 saturated heterocycles. The van der Waals surface area contributed by atoms with E-state index < -0.39 is 0 Å². The maximum absolute atomic E-state index is 11.6. The van der Waals surface area contributed by atoms with Crippen LogP contribution in [0.4, 0.5) is 5.69 Å². The number of rotatable bonds is 6. The van der Waals surface area contributed by atoms with E-state index in [0.29, 0.717) is 17.8 Å². The summed E-state index contributed by atoms with van der Waals surface area (Å²) in [4.78, 5) is 22.8. The molecule has 0 aliphatic heterocycles. The van der Waals surface area contributed by atoms with Gasteiger partial charge < -0.3 is 10.6 Å². The average molecular weight is 246 g/mol. The van der Waals surface area contributed by atoms with E-state index in [1.807, 2.05) is 0 Å². The molecule has 0 heterocycles. The highest BCUT2D eigenvalue weighted by molar-refractivity contribution is 5.97. The van der Waals surface area contributed by atoms with E-state index in [4.69, 9.17) is 0 Å². The molecule has 1 aliphatic carbocycles. The van der Waals surface area contributed by atoms with Crippen molar-refractivity contribution in [2.24, 2.45) is 5.92 Å². The van der Waals surface area contributed by atoms with Gasteiger partial charge in [0.25, 0.3) is 0 Å². The molecule has 2 N–H and O–H groups in total. The Bertz CT molecular complexity index is 453. The summed E-state index contributed by atoms with van der Waals surface area (Å²) in [5, 5.41) is 5.90. The molecule has 4 nitrogen and oxygen atoms in total. The Hall–Kier alpha value is -1.68. The van der Waals surface area contributed by atoms with Gasteiger partial charge in [0, 0.05) is 11.3 Å². The van der Waals surface area contributed by atoms with Crippen molar-refractivity contribution < 1.29 is 9.59 Å². The molecular weight excluding hydrogens is 228 g/mol. The first-order valence-corrected chi connectivity index (χ1v) is 6.27. The first kappa shape index (κ1) is 12.8. The van der Waals surface area contributed by atoms with Crippen molar-refractivity contribution in [2.45, 2.75) is 19.8 Å². The molecule has 1 amide bonds. The van der Waals surface area contributed by atoms with E-state index >= 15 is 0 Å². The third-order valence-electron chi connectivity index (χ3n) is 2.97. The van der Waals surface area contributed by atoms with Gasteiger partial charge in [-0.15, -0.1) is 0 Å². The van der Waals surface area contributed by atoms with Crippen molar-refractivity contribution in [3.8, 4) is 0 Å². The van der Waals surface area contributed by atoms with Gasteiger partial charge in [-0.3, -0.25) is 9.59 Å². The third-order valence-corrected chi connectivity index (χ3v) is 2.97. The van der Waals surface area contributed by atoms with Gasteiger partial charge in [0.05, 0.1) is 6.54 Å². The smallest absolute Gasteiger partial charge is 0.238 e. The SMILES string of the molecule is CC(=O)c1cccc(NC(=O)CNCC2CC2)c1. The number of hydrogen-bond acceptors (Lipinski definition) is 3. The molecule has 0 atom stereocenters. The Morgan fingerprint density at radius 2 is 2.11 bits per heavy atom. The maximum Gasteiger partial charge on any atom is 0.238 e. The second-order valence-electron chi connectivity index (χ2n) is 4.76. The minimum absolute atomic E-state index is 0.00189. The lowest BCUT2D eigenvalue weighted by molar-refractivity contribution is -0.115. The van der Waals surface area contributed by atoms with Crippen LogP contribution in [-0.2, 0) is 4.79 Å². The van der Waals surface area contributed by atoms with Crippen molar-refractivity contribution in [3.05, 3.63) is 29.8 Å². The second-order valence-corrected chi connectivity index (χ2v) is 4.76. The molecule has 0 bridgehead atoms. The number of carbonyl (C=O) groups excluding carboxylic acids is 2. The summed E-state index contributed by atoms with van der Waals surface area (Å²) >= 11 is 0. The van der Waals surface area contributed by atoms with Gasteiger partial charge in [-0.25, -0.2) is 0 Å². The maximum atomic E-state index is 11.6. The minimum Gasteiger partial charge on any atom is -0.325 e. The van der Waals surface area contributed by atoms with E-state index in [2.05, 4.69) is 10.6 Å². The molecule has 0 radical (unpaired) electrons. The van der Waals surface area contributed by atoms with E-state index in [1.54, 1.807) is 24.3 Å². The van der Waals surface area contributed by atoms with Crippen LogP contribution in [0.2, 0.25) is 0 Å². The first-order valence-electron chi connectivity index (χ1n) is 6.27. The van der Waals surface area contributed by atoms with Crippen LogP contribution in [0.3, 0.4) is 0 Å². The molecule has 2 rings (SSSR count). The summed E-state index contributed by atoms with van der Waals surface area (Å²) in [7, 11) is 0. The quantitative estimate of drug-likeness (QED) is 0.753. The fourth-order valence-electron chi connectivity index (χ4n) is 1.73. The largest absolute Gasteiger partial charge is 0.325 e. The van der Waals surface area contributed by atoms with Crippen LogP contribution in [0.25, 0.3) is 0 Å². The number of ketones is 1. The predicted molar refractivity (Wildman–Crippen MR) is 70.7 cm³/mol. The van der Waals surface area contributed by atoms with E-state index in [9.17, 15) is 9.59 Å². The molecule has 4 heteroatoms. The van der Waals surface area contributed by atoms with E-state index in [-0.39, 0.29) is 11.7 Å². The van der Waals surface area contributed by atoms with Crippen LogP contribution in [0, 0.1) is 5.92 Å². The molecule has 0 aromatic heterocycles. The number of anilines is 1. The first-order chi connectivity index (χ1) is 8.65. The summed E-state index contributed by atoms with van der Waals surface area (Å²) in [6.07, 6.45) is 2.55. The fourth-order valence-corrected chi connectivity index (χ4v) is 1.73. The molecule has 1 aromatic carbocycles. The van der Waals surface area contributed by atoms with Gasteiger partial charge in [-0.1, -0.05) is 12.1 Å². The Kier molecular flexibility index (Phi) is 4.10. The van der Waals surface area contributed by atoms with Crippen LogP contribution >= 0.6 is 0 Å². The lowest BCUT2D eigenvalue weighted by Crippen LogP contribution is -2.29. The van der Waals surface area contributed by atoms with Gasteiger partial charge in [0.15, 0.2) is 5.78 Å². The number of benzene rings is 1. The standard InChI is InChI=1S/C14H18N2O2/c1-10(17)12-3-2-4-13(7-12)16-14(18)9-15-8-11-5-6-11/h2-4,7,11,15H,5-6,8-9H2,1H3,(H,16,18). The fraction of sp³-hybridized carbons (Fsp3) is 0.429. The Morgan fingerprint density at radius 1 is 1.33 bits per heavy atom. The second kappa shape index (κ2) is 5.78. The van der Waals surface area contributed by atoms with Gasteiger partial charge in [0.1, 0.15) is 0 Å². The van der Waals surface area contributed by atoms with Crippen molar-refractivity contribution >= 4 is 17.4 Å². The Labute approximate surface area is 107 Å². The highest BCUT2D eigenvalue weighted by atomic mass is 16.2. The van der Waals surface area contributed by atoms with Gasteiger partial charge in [0.2, 0.25) is 5.91 Å². The molecule has 18 heavy (non-hydrogen) atoms. The average Bonchev–Trinajstić information content (AvgIpc) is 3.13. The van der Waals surface area contributed by atoms with E-state index in [0.717, 1.165) is 12.5 Å². The van der Waals surface area contributed by atoms with Crippen molar-refractivity contribution in [1.29, 1.82) is 0 Å². The monoisotopic (exact) mass is 246 g/mol. The lowest BCUT2D eigenvalue weighted by atomic mass is 10.1. The molecule has 1 aromatic rings. The minimum atomic E-state index is -0.0728. The lowest BCUT2D eigenvalue weighted by Gasteiger charge is -2.07. The zero-order chi connectivity index (χ0) is 13.0. The van der Waals surface area contributed by atoms with Crippen molar-refractivity contribution in [1.82, 2.24) is 5.32 Å². The molecule has 1 aliphatic rings. The van der Waals surface area contributed by atoms with E-state index in [1.165, 1.54) is 19.8 Å². The third kappa shape index (κ3) is 3.96. The number of carbonyl (C=O) groups is 2. The summed E-state index contributed by atoms with van der Waals surface area (Å²) in [5.41, 5.74) is 1.28. The number of amides is 1. The number of hydrogen-bond donors (Lipinski definition) is 2. The normalized spacial score (nSPS) is 14.3. The zero-order valence-electron chi connectivity index (χ0n) is 10.5. The Morgan fingerprint density at radius 3 is 2.78 bits per heavy atom. The topological polar surface area (TPSA) is 58.2 Å². The van der Waals surface area contributed by atoms with Crippen molar-refractivity contribution in [2.75, 3.05) is 18.4 Å². The summed E-state index contributed by atoms with van der Waals surface area (Å²) < 4.78 is 0. The van der Waals surface area contributed by atoms with Crippen LogP contribution in [-0.4, -0.2) is 24.8 Å². The van der Waals surface area contributed by atoms with Gasteiger partial charge >= 0.3 is 0 Å². The summed E-state index contributed by atoms with van der Waals surface area (Å²) in [6, 6.07) is 6.99. The van der Waals surface area contributed by atoms with Gasteiger partial charge in [-0.2, -0.15) is 0 Å².